The van der Waals surface area contributed by atoms with Crippen LogP contribution in [-0.4, -0.2) is 27.8 Å². The molecular formula is C18H17ClFN3O2. The van der Waals surface area contributed by atoms with Gasteiger partial charge in [-0.1, -0.05) is 25.4 Å². The summed E-state index contributed by atoms with van der Waals surface area (Å²) in [6.45, 7) is 4.13. The second-order valence-electron chi connectivity index (χ2n) is 6.11. The molecule has 0 radical (unpaired) electrons. The fourth-order valence-electron chi connectivity index (χ4n) is 2.61. The number of hydrogen-bond acceptors (Lipinski definition) is 4. The molecule has 0 aliphatic heterocycles. The average molecular weight is 362 g/mol. The Morgan fingerprint density at radius 3 is 2.72 bits per heavy atom. The monoisotopic (exact) mass is 361 g/mol. The number of nitrogens with zero attached hydrogens (tertiary/aromatic N) is 3. The molecule has 1 aromatic carbocycles. The van der Waals surface area contributed by atoms with E-state index in [4.69, 9.17) is 16.3 Å². The number of rotatable bonds is 4. The largest absolute Gasteiger partial charge is 0.464 e. The van der Waals surface area contributed by atoms with Crippen molar-refractivity contribution >= 4 is 28.6 Å². The Hall–Kier alpha value is -2.47. The summed E-state index contributed by atoms with van der Waals surface area (Å²) in [4.78, 5) is 16.2. The lowest BCUT2D eigenvalue weighted by molar-refractivity contribution is 0.0594. The van der Waals surface area contributed by atoms with Crippen LogP contribution in [0.15, 0.2) is 30.3 Å². The third-order valence-electron chi connectivity index (χ3n) is 3.74. The summed E-state index contributed by atoms with van der Waals surface area (Å²) >= 11 is 5.76. The van der Waals surface area contributed by atoms with Crippen LogP contribution in [-0.2, 0) is 11.2 Å². The van der Waals surface area contributed by atoms with Crippen molar-refractivity contribution in [3.05, 3.63) is 52.6 Å². The molecule has 0 unspecified atom stereocenters. The zero-order valence-corrected chi connectivity index (χ0v) is 14.8. The number of pyridine rings is 1. The fourth-order valence-corrected chi connectivity index (χ4v) is 2.73. The van der Waals surface area contributed by atoms with Crippen molar-refractivity contribution in [1.82, 2.24) is 14.8 Å². The van der Waals surface area contributed by atoms with Gasteiger partial charge in [0, 0.05) is 6.07 Å². The highest BCUT2D eigenvalue weighted by molar-refractivity contribution is 6.30. The predicted molar refractivity (Wildman–Crippen MR) is 93.7 cm³/mol. The van der Waals surface area contributed by atoms with E-state index in [1.165, 1.54) is 19.2 Å². The van der Waals surface area contributed by atoms with E-state index in [-0.39, 0.29) is 10.7 Å². The number of ether oxygens (including phenoxy) is 1. The Labute approximate surface area is 149 Å². The lowest BCUT2D eigenvalue weighted by Crippen LogP contribution is -2.04. The van der Waals surface area contributed by atoms with Crippen molar-refractivity contribution in [3.63, 3.8) is 0 Å². The minimum atomic E-state index is -0.521. The number of methoxy groups -OCH3 is 1. The van der Waals surface area contributed by atoms with Gasteiger partial charge in [-0.15, -0.1) is 0 Å². The molecule has 0 spiro atoms. The van der Waals surface area contributed by atoms with Crippen molar-refractivity contribution in [2.75, 3.05) is 7.11 Å². The molecular weight excluding hydrogens is 345 g/mol. The number of benzene rings is 1. The molecule has 3 aromatic rings. The van der Waals surface area contributed by atoms with Crippen molar-refractivity contribution < 1.29 is 13.9 Å². The first-order valence-corrected chi connectivity index (χ1v) is 8.21. The zero-order chi connectivity index (χ0) is 18.1. The first kappa shape index (κ1) is 17.4. The normalized spacial score (nSPS) is 11.3. The van der Waals surface area contributed by atoms with Gasteiger partial charge < -0.3 is 4.74 Å². The van der Waals surface area contributed by atoms with Gasteiger partial charge in [0.05, 0.1) is 29.0 Å². The lowest BCUT2D eigenvalue weighted by atomic mass is 10.1. The summed E-state index contributed by atoms with van der Waals surface area (Å²) in [5.41, 5.74) is 2.78. The van der Waals surface area contributed by atoms with Crippen molar-refractivity contribution in [2.24, 2.45) is 5.92 Å². The van der Waals surface area contributed by atoms with Gasteiger partial charge in [-0.2, -0.15) is 5.10 Å². The van der Waals surface area contributed by atoms with Gasteiger partial charge in [0.1, 0.15) is 17.0 Å². The molecule has 0 saturated heterocycles. The van der Waals surface area contributed by atoms with E-state index in [0.717, 1.165) is 5.69 Å². The quantitative estimate of drug-likeness (QED) is 0.653. The molecule has 0 N–H and O–H groups in total. The van der Waals surface area contributed by atoms with Gasteiger partial charge in [-0.3, -0.25) is 0 Å². The van der Waals surface area contributed by atoms with Crippen LogP contribution in [0, 0.1) is 11.7 Å². The van der Waals surface area contributed by atoms with E-state index in [9.17, 15) is 9.18 Å². The zero-order valence-electron chi connectivity index (χ0n) is 14.1. The maximum atomic E-state index is 13.8. The standard InChI is InChI=1S/C18H17ClFN3O2/c1-10(2)8-15-17-16(7-6-14(21-17)18(24)25-3)23(22-15)11-4-5-12(19)13(20)9-11/h4-7,9-10H,8H2,1-3H3. The second kappa shape index (κ2) is 6.80. The van der Waals surface area contributed by atoms with Crippen molar-refractivity contribution in [2.45, 2.75) is 20.3 Å². The lowest BCUT2D eigenvalue weighted by Gasteiger charge is -2.04. The first-order valence-electron chi connectivity index (χ1n) is 7.83. The summed E-state index contributed by atoms with van der Waals surface area (Å²) in [5, 5.41) is 4.64. The highest BCUT2D eigenvalue weighted by atomic mass is 35.5. The van der Waals surface area contributed by atoms with Crippen LogP contribution in [0.25, 0.3) is 16.7 Å². The van der Waals surface area contributed by atoms with Gasteiger partial charge in [0.25, 0.3) is 0 Å². The van der Waals surface area contributed by atoms with Crippen LogP contribution in [0.4, 0.5) is 4.39 Å². The Balaban J connectivity index is 2.21. The first-order chi connectivity index (χ1) is 11.9. The Kier molecular flexibility index (Phi) is 4.72. The number of halogens is 2. The third-order valence-corrected chi connectivity index (χ3v) is 4.05. The molecule has 130 valence electrons. The van der Waals surface area contributed by atoms with Crippen LogP contribution in [0.5, 0.6) is 0 Å². The molecule has 3 rings (SSSR count). The van der Waals surface area contributed by atoms with Gasteiger partial charge in [-0.25, -0.2) is 18.9 Å². The maximum absolute atomic E-state index is 13.8. The van der Waals surface area contributed by atoms with Crippen LogP contribution < -0.4 is 0 Å². The number of aromatic nitrogens is 3. The second-order valence-corrected chi connectivity index (χ2v) is 6.52. The van der Waals surface area contributed by atoms with Crippen LogP contribution >= 0.6 is 11.6 Å². The van der Waals surface area contributed by atoms with Crippen LogP contribution in [0.2, 0.25) is 5.02 Å². The van der Waals surface area contributed by atoms with Gasteiger partial charge in [0.15, 0.2) is 0 Å². The van der Waals surface area contributed by atoms with E-state index in [1.807, 2.05) is 0 Å². The van der Waals surface area contributed by atoms with E-state index < -0.39 is 11.8 Å². The van der Waals surface area contributed by atoms with Gasteiger partial charge in [-0.05, 0) is 36.6 Å². The summed E-state index contributed by atoms with van der Waals surface area (Å²) < 4.78 is 20.2. The number of carbonyl (C=O) groups excluding carboxylic acids is 1. The minimum Gasteiger partial charge on any atom is -0.464 e. The molecule has 0 atom stereocenters. The van der Waals surface area contributed by atoms with Gasteiger partial charge >= 0.3 is 5.97 Å². The fraction of sp³-hybridized carbons (Fsp3) is 0.278. The number of carbonyl (C=O) groups is 1. The van der Waals surface area contributed by atoms with Crippen molar-refractivity contribution in [1.29, 1.82) is 0 Å². The summed E-state index contributed by atoms with van der Waals surface area (Å²) in [6.07, 6.45) is 0.678. The van der Waals surface area contributed by atoms with Crippen LogP contribution in [0.3, 0.4) is 0 Å². The van der Waals surface area contributed by atoms with E-state index >= 15 is 0 Å². The Morgan fingerprint density at radius 1 is 1.32 bits per heavy atom. The topological polar surface area (TPSA) is 57.0 Å². The molecule has 0 saturated carbocycles. The molecule has 0 aliphatic carbocycles. The Morgan fingerprint density at radius 2 is 2.08 bits per heavy atom. The Bertz CT molecular complexity index is 953. The SMILES string of the molecule is COC(=O)c1ccc2c(n1)c(CC(C)C)nn2-c1ccc(Cl)c(F)c1. The summed E-state index contributed by atoms with van der Waals surface area (Å²) in [6, 6.07) is 7.79. The molecule has 5 nitrogen and oxygen atoms in total. The summed E-state index contributed by atoms with van der Waals surface area (Å²) in [5.74, 6) is -0.688. The van der Waals surface area contributed by atoms with E-state index in [0.29, 0.717) is 29.1 Å². The van der Waals surface area contributed by atoms with Gasteiger partial charge in [0.2, 0.25) is 0 Å². The third kappa shape index (κ3) is 3.35. The molecule has 2 aromatic heterocycles. The summed E-state index contributed by atoms with van der Waals surface area (Å²) in [7, 11) is 1.31. The van der Waals surface area contributed by atoms with E-state index in [1.54, 1.807) is 22.9 Å². The molecule has 25 heavy (non-hydrogen) atoms. The number of fused-ring (bicyclic) bond motifs is 1. The van der Waals surface area contributed by atoms with Crippen molar-refractivity contribution in [3.8, 4) is 5.69 Å². The molecule has 0 bridgehead atoms. The highest BCUT2D eigenvalue weighted by Crippen LogP contribution is 2.25. The highest BCUT2D eigenvalue weighted by Gasteiger charge is 2.18. The van der Waals surface area contributed by atoms with Crippen LogP contribution in [0.1, 0.15) is 30.0 Å². The number of hydrogen-bond donors (Lipinski definition) is 0. The molecule has 2 heterocycles. The predicted octanol–water partition coefficient (Wildman–Crippen LogP) is 4.20. The maximum Gasteiger partial charge on any atom is 0.356 e. The molecule has 7 heteroatoms. The molecule has 0 fully saturated rings. The molecule has 0 aliphatic rings. The average Bonchev–Trinajstić information content (AvgIpc) is 2.94. The smallest absolute Gasteiger partial charge is 0.356 e. The van der Waals surface area contributed by atoms with E-state index in [2.05, 4.69) is 23.9 Å². The number of esters is 1. The minimum absolute atomic E-state index is 0.0497. The molecule has 0 amide bonds.